The largest absolute Gasteiger partial charge is 1.00 e. The van der Waals surface area contributed by atoms with Crippen LogP contribution >= 0.6 is 24.4 Å². The summed E-state index contributed by atoms with van der Waals surface area (Å²) < 4.78 is 0.939. The summed E-state index contributed by atoms with van der Waals surface area (Å²) in [7, 11) is 0. The molecule has 14 heavy (non-hydrogen) atoms. The smallest absolute Gasteiger partial charge is 0.428 e. The van der Waals surface area contributed by atoms with Gasteiger partial charge in [-0.05, 0) is 11.1 Å². The number of hydrogen-bond donors (Lipinski definition) is 0. The molecule has 0 aliphatic heterocycles. The predicted molar refractivity (Wildman–Crippen MR) is 64.6 cm³/mol. The molecule has 0 saturated heterocycles. The molecule has 62 valence electrons. The second-order valence-corrected chi connectivity index (χ2v) is 4.30. The maximum Gasteiger partial charge on any atom is 1.00 e. The molecule has 0 aliphatic carbocycles. The molecular formula is C8H4K2S4. The van der Waals surface area contributed by atoms with E-state index in [2.05, 4.69) is 0 Å². The zero-order valence-electron chi connectivity index (χ0n) is 7.94. The van der Waals surface area contributed by atoms with Crippen LogP contribution in [0.4, 0.5) is 0 Å². The third-order valence-corrected chi connectivity index (χ3v) is 2.30. The topological polar surface area (TPSA) is 0 Å². The molecule has 1 aromatic carbocycles. The first kappa shape index (κ1) is 19.5. The number of thiocarbonyl (C=S) groups is 2. The van der Waals surface area contributed by atoms with E-state index in [0.717, 1.165) is 11.1 Å². The van der Waals surface area contributed by atoms with E-state index < -0.39 is 0 Å². The molecule has 0 atom stereocenters. The van der Waals surface area contributed by atoms with Gasteiger partial charge in [-0.15, -0.1) is 8.39 Å². The molecule has 0 aromatic heterocycles. The molecule has 0 spiro atoms. The maximum absolute atomic E-state index is 4.83. The van der Waals surface area contributed by atoms with Crippen LogP contribution in [0.5, 0.6) is 0 Å². The fourth-order valence-corrected chi connectivity index (χ4v) is 1.29. The van der Waals surface area contributed by atoms with E-state index >= 15 is 0 Å². The fraction of sp³-hybridized carbons (Fsp3) is 0. The summed E-state index contributed by atoms with van der Waals surface area (Å²) in [4.78, 5) is 0. The third-order valence-electron chi connectivity index (χ3n) is 1.36. The first-order chi connectivity index (χ1) is 5.61. The minimum absolute atomic E-state index is 0. The summed E-state index contributed by atoms with van der Waals surface area (Å²) in [6.45, 7) is 0. The van der Waals surface area contributed by atoms with Gasteiger partial charge in [0.25, 0.3) is 0 Å². The first-order valence-electron chi connectivity index (χ1n) is 3.14. The van der Waals surface area contributed by atoms with Crippen LogP contribution in [-0.2, 0) is 25.3 Å². The van der Waals surface area contributed by atoms with Crippen molar-refractivity contribution >= 4 is 58.1 Å². The minimum Gasteiger partial charge on any atom is -0.428 e. The molecular weight excluding hydrogens is 303 g/mol. The van der Waals surface area contributed by atoms with Gasteiger partial charge in [-0.1, -0.05) is 24.3 Å². The van der Waals surface area contributed by atoms with Crippen LogP contribution in [0, 0.1) is 0 Å². The standard InChI is InChI=1S/C8H6S4.2K/c9-7(10)5-1-2-6(4-3-5)8(11)12;;/h1-4H,(H,9,10)(H,11,12);;/q;2*+1/p-2. The molecule has 0 bridgehead atoms. The number of benzene rings is 1. The molecule has 0 saturated carbocycles. The average molecular weight is 307 g/mol. The van der Waals surface area contributed by atoms with Gasteiger partial charge in [0.1, 0.15) is 0 Å². The molecule has 1 rings (SSSR count). The summed E-state index contributed by atoms with van der Waals surface area (Å²) in [6.07, 6.45) is 0. The number of hydrogen-bond acceptors (Lipinski definition) is 4. The van der Waals surface area contributed by atoms with Gasteiger partial charge < -0.3 is 49.7 Å². The summed E-state index contributed by atoms with van der Waals surface area (Å²) in [5.41, 5.74) is 1.74. The van der Waals surface area contributed by atoms with Gasteiger partial charge in [0.15, 0.2) is 0 Å². The quantitative estimate of drug-likeness (QED) is 0.311. The molecule has 6 heteroatoms. The van der Waals surface area contributed by atoms with Crippen molar-refractivity contribution in [3.63, 3.8) is 0 Å². The Labute approximate surface area is 191 Å². The Morgan fingerprint density at radius 3 is 1.14 bits per heavy atom. The molecule has 0 unspecified atom stereocenters. The molecule has 0 radical (unpaired) electrons. The van der Waals surface area contributed by atoms with Crippen molar-refractivity contribution in [2.24, 2.45) is 0 Å². The van der Waals surface area contributed by atoms with Crippen molar-refractivity contribution in [3.8, 4) is 0 Å². The molecule has 1 aromatic rings. The number of rotatable bonds is 2. The van der Waals surface area contributed by atoms with E-state index in [1.807, 2.05) is 24.3 Å². The zero-order valence-corrected chi connectivity index (χ0v) is 17.5. The van der Waals surface area contributed by atoms with Crippen molar-refractivity contribution in [3.05, 3.63) is 35.4 Å². The Balaban J connectivity index is 0. The molecule has 0 heterocycles. The van der Waals surface area contributed by atoms with Crippen molar-refractivity contribution in [1.82, 2.24) is 0 Å². The Kier molecular flexibility index (Phi) is 14.0. The second kappa shape index (κ2) is 10.1. The average Bonchev–Trinajstić information content (AvgIpc) is 2.04. The predicted octanol–water partition coefficient (Wildman–Crippen LogP) is -3.86. The van der Waals surface area contributed by atoms with Gasteiger partial charge in [0, 0.05) is 0 Å². The second-order valence-electron chi connectivity index (χ2n) is 2.15. The van der Waals surface area contributed by atoms with E-state index in [1.165, 1.54) is 0 Å². The summed E-state index contributed by atoms with van der Waals surface area (Å²) in [5.74, 6) is 0. The van der Waals surface area contributed by atoms with Gasteiger partial charge in [-0.25, -0.2) is 0 Å². The molecule has 0 nitrogen and oxygen atoms in total. The Hall–Kier alpha value is 3.11. The summed E-state index contributed by atoms with van der Waals surface area (Å²) in [6, 6.07) is 7.35. The SMILES string of the molecule is S=C([S-])c1ccc(C(=S)[S-])cc1.[K+].[K+]. The van der Waals surface area contributed by atoms with Crippen LogP contribution in [0.2, 0.25) is 0 Å². The van der Waals surface area contributed by atoms with Crippen molar-refractivity contribution in [1.29, 1.82) is 0 Å². The van der Waals surface area contributed by atoms with Gasteiger partial charge in [0.2, 0.25) is 0 Å². The maximum atomic E-state index is 4.83. The van der Waals surface area contributed by atoms with E-state index in [1.54, 1.807) is 0 Å². The molecule has 0 fully saturated rings. The van der Waals surface area contributed by atoms with E-state index in [9.17, 15) is 0 Å². The Morgan fingerprint density at radius 1 is 0.786 bits per heavy atom. The van der Waals surface area contributed by atoms with Gasteiger partial charge in [-0.3, -0.25) is 0 Å². The van der Waals surface area contributed by atoms with Crippen molar-refractivity contribution in [2.45, 2.75) is 0 Å². The van der Waals surface area contributed by atoms with Gasteiger partial charge >= 0.3 is 103 Å². The first-order valence-corrected chi connectivity index (χ1v) is 4.77. The van der Waals surface area contributed by atoms with Gasteiger partial charge in [0.05, 0.1) is 0 Å². The molecule has 0 N–H and O–H groups in total. The van der Waals surface area contributed by atoms with E-state index in [0.29, 0.717) is 8.39 Å². The zero-order chi connectivity index (χ0) is 9.14. The van der Waals surface area contributed by atoms with Crippen LogP contribution in [0.25, 0.3) is 0 Å². The van der Waals surface area contributed by atoms with Crippen molar-refractivity contribution < 1.29 is 103 Å². The summed E-state index contributed by atoms with van der Waals surface area (Å²) >= 11 is 19.3. The van der Waals surface area contributed by atoms with Crippen LogP contribution < -0.4 is 103 Å². The van der Waals surface area contributed by atoms with Crippen LogP contribution in [0.15, 0.2) is 24.3 Å². The normalized spacial score (nSPS) is 8.00. The van der Waals surface area contributed by atoms with Crippen LogP contribution in [0.3, 0.4) is 0 Å². The minimum atomic E-state index is 0. The van der Waals surface area contributed by atoms with E-state index in [-0.39, 0.29) is 103 Å². The molecule has 0 amide bonds. The fourth-order valence-electron chi connectivity index (χ4n) is 0.742. The van der Waals surface area contributed by atoms with Crippen molar-refractivity contribution in [2.75, 3.05) is 0 Å². The van der Waals surface area contributed by atoms with E-state index in [4.69, 9.17) is 49.7 Å². The monoisotopic (exact) mass is 306 g/mol. The Morgan fingerprint density at radius 2 is 1.00 bits per heavy atom. The summed E-state index contributed by atoms with van der Waals surface area (Å²) in [5, 5.41) is 0. The van der Waals surface area contributed by atoms with Crippen LogP contribution in [0.1, 0.15) is 11.1 Å². The Bertz CT molecular complexity index is 288. The molecule has 0 aliphatic rings. The van der Waals surface area contributed by atoms with Gasteiger partial charge in [-0.2, -0.15) is 0 Å². The third kappa shape index (κ3) is 6.75. The van der Waals surface area contributed by atoms with Crippen LogP contribution in [-0.4, -0.2) is 8.39 Å².